The third-order valence-electron chi connectivity index (χ3n) is 3.48. The van der Waals surface area contributed by atoms with Crippen molar-refractivity contribution in [1.82, 2.24) is 5.32 Å². The van der Waals surface area contributed by atoms with E-state index in [1.807, 2.05) is 20.8 Å². The smallest absolute Gasteiger partial charge is 0.407 e. The van der Waals surface area contributed by atoms with Crippen LogP contribution in [0, 0.1) is 11.8 Å². The molecule has 0 radical (unpaired) electrons. The number of ether oxygens (including phenoxy) is 1. The van der Waals surface area contributed by atoms with Gasteiger partial charge in [-0.1, -0.05) is 0 Å². The lowest BCUT2D eigenvalue weighted by molar-refractivity contribution is -0.00906. The molecule has 2 saturated carbocycles. The summed E-state index contributed by atoms with van der Waals surface area (Å²) in [6.07, 6.45) is 3.91. The van der Waals surface area contributed by atoms with Crippen molar-refractivity contribution in [3.05, 3.63) is 0 Å². The molecule has 0 saturated heterocycles. The molecule has 0 bridgehead atoms. The van der Waals surface area contributed by atoms with E-state index in [1.54, 1.807) is 0 Å². The van der Waals surface area contributed by atoms with E-state index in [1.165, 1.54) is 0 Å². The number of aliphatic hydroxyl groups is 1. The number of amides is 1. The van der Waals surface area contributed by atoms with Gasteiger partial charge in [0.05, 0.1) is 12.1 Å². The lowest BCUT2D eigenvalue weighted by atomic mass is 9.92. The molecule has 0 aliphatic heterocycles. The number of hydrogen-bond acceptors (Lipinski definition) is 3. The zero-order valence-corrected chi connectivity index (χ0v) is 11.0. The fourth-order valence-electron chi connectivity index (χ4n) is 2.32. The molecule has 0 heterocycles. The van der Waals surface area contributed by atoms with Crippen LogP contribution in [-0.4, -0.2) is 28.9 Å². The lowest BCUT2D eigenvalue weighted by Crippen LogP contribution is -2.47. The Morgan fingerprint density at radius 1 is 1.24 bits per heavy atom. The predicted molar refractivity (Wildman–Crippen MR) is 64.6 cm³/mol. The molecule has 1 amide bonds. The molecule has 0 atom stereocenters. The number of rotatable bonds is 4. The molecule has 4 nitrogen and oxygen atoms in total. The first-order chi connectivity index (χ1) is 7.81. The van der Waals surface area contributed by atoms with Gasteiger partial charge < -0.3 is 15.2 Å². The first-order valence-electron chi connectivity index (χ1n) is 6.50. The standard InChI is InChI=1S/C13H23NO3/c1-12(2,3)17-11(15)14-8-13(16,9-4-5-9)10-6-7-10/h9-10,16H,4-8H2,1-3H3,(H,14,15). The van der Waals surface area contributed by atoms with Crippen molar-refractivity contribution in [2.45, 2.75) is 57.7 Å². The molecular weight excluding hydrogens is 218 g/mol. The Morgan fingerprint density at radius 2 is 1.71 bits per heavy atom. The van der Waals surface area contributed by atoms with Gasteiger partial charge in [-0.25, -0.2) is 4.79 Å². The van der Waals surface area contributed by atoms with Gasteiger partial charge in [0.1, 0.15) is 5.60 Å². The van der Waals surface area contributed by atoms with E-state index in [2.05, 4.69) is 5.32 Å². The van der Waals surface area contributed by atoms with Gasteiger partial charge in [0.15, 0.2) is 0 Å². The average Bonchev–Trinajstić information content (AvgIpc) is 3.02. The summed E-state index contributed by atoms with van der Waals surface area (Å²) in [5.74, 6) is 0.759. The van der Waals surface area contributed by atoms with Gasteiger partial charge in [-0.05, 0) is 58.3 Å². The Hall–Kier alpha value is -0.770. The van der Waals surface area contributed by atoms with Gasteiger partial charge >= 0.3 is 6.09 Å². The molecule has 2 fully saturated rings. The van der Waals surface area contributed by atoms with Crippen molar-refractivity contribution in [3.63, 3.8) is 0 Å². The highest BCUT2D eigenvalue weighted by atomic mass is 16.6. The minimum atomic E-state index is -0.684. The molecule has 2 aliphatic rings. The van der Waals surface area contributed by atoms with Crippen molar-refractivity contribution in [3.8, 4) is 0 Å². The maximum atomic E-state index is 11.5. The maximum Gasteiger partial charge on any atom is 0.407 e. The zero-order chi connectivity index (χ0) is 12.7. The summed E-state index contributed by atoms with van der Waals surface area (Å²) < 4.78 is 5.17. The van der Waals surface area contributed by atoms with Crippen molar-refractivity contribution in [1.29, 1.82) is 0 Å². The lowest BCUT2D eigenvalue weighted by Gasteiger charge is -2.29. The van der Waals surface area contributed by atoms with Crippen molar-refractivity contribution in [2.75, 3.05) is 6.54 Å². The second-order valence-corrected chi connectivity index (χ2v) is 6.40. The Morgan fingerprint density at radius 3 is 2.06 bits per heavy atom. The number of hydrogen-bond donors (Lipinski definition) is 2. The van der Waals surface area contributed by atoms with Gasteiger partial charge in [0.25, 0.3) is 0 Å². The summed E-state index contributed by atoms with van der Waals surface area (Å²) >= 11 is 0. The van der Waals surface area contributed by atoms with Gasteiger partial charge in [0.2, 0.25) is 0 Å². The molecule has 0 aromatic rings. The molecule has 17 heavy (non-hydrogen) atoms. The fourth-order valence-corrected chi connectivity index (χ4v) is 2.32. The minimum absolute atomic E-state index is 0.331. The monoisotopic (exact) mass is 241 g/mol. The Kier molecular flexibility index (Phi) is 3.10. The molecule has 4 heteroatoms. The van der Waals surface area contributed by atoms with Crippen LogP contribution in [0.15, 0.2) is 0 Å². The van der Waals surface area contributed by atoms with E-state index in [9.17, 15) is 9.90 Å². The third-order valence-corrected chi connectivity index (χ3v) is 3.48. The van der Waals surface area contributed by atoms with Crippen molar-refractivity contribution in [2.24, 2.45) is 11.8 Å². The van der Waals surface area contributed by atoms with Crippen LogP contribution in [0.3, 0.4) is 0 Å². The van der Waals surface area contributed by atoms with Crippen LogP contribution >= 0.6 is 0 Å². The topological polar surface area (TPSA) is 58.6 Å². The molecular formula is C13H23NO3. The minimum Gasteiger partial charge on any atom is -0.444 e. The van der Waals surface area contributed by atoms with E-state index >= 15 is 0 Å². The van der Waals surface area contributed by atoms with E-state index in [0.717, 1.165) is 25.7 Å². The molecule has 98 valence electrons. The normalized spacial score (nSPS) is 21.2. The number of carbonyl (C=O) groups excluding carboxylic acids is 1. The third kappa shape index (κ3) is 3.35. The average molecular weight is 241 g/mol. The number of nitrogens with one attached hydrogen (secondary N) is 1. The highest BCUT2D eigenvalue weighted by Crippen LogP contribution is 2.51. The van der Waals surface area contributed by atoms with Crippen molar-refractivity contribution < 1.29 is 14.6 Å². The highest BCUT2D eigenvalue weighted by Gasteiger charge is 2.53. The number of alkyl carbamates (subject to hydrolysis) is 1. The largest absolute Gasteiger partial charge is 0.444 e. The van der Waals surface area contributed by atoms with Gasteiger partial charge in [-0.2, -0.15) is 0 Å². The Bertz CT molecular complexity index is 288. The van der Waals surface area contributed by atoms with E-state index in [-0.39, 0.29) is 0 Å². The first kappa shape index (κ1) is 12.7. The quantitative estimate of drug-likeness (QED) is 0.792. The summed E-state index contributed by atoms with van der Waals surface area (Å²) in [6, 6.07) is 0. The van der Waals surface area contributed by atoms with E-state index in [4.69, 9.17) is 4.74 Å². The molecule has 0 unspecified atom stereocenters. The second-order valence-electron chi connectivity index (χ2n) is 6.40. The SMILES string of the molecule is CC(C)(C)OC(=O)NCC(O)(C1CC1)C1CC1. The fraction of sp³-hybridized carbons (Fsp3) is 0.923. The van der Waals surface area contributed by atoms with Crippen molar-refractivity contribution >= 4 is 6.09 Å². The summed E-state index contributed by atoms with van der Waals surface area (Å²) in [5, 5.41) is 13.3. The summed E-state index contributed by atoms with van der Waals surface area (Å²) in [5.41, 5.74) is -1.17. The van der Waals surface area contributed by atoms with Crippen LogP contribution in [0.2, 0.25) is 0 Å². The summed E-state index contributed by atoms with van der Waals surface area (Å²) in [4.78, 5) is 11.5. The van der Waals surface area contributed by atoms with E-state index < -0.39 is 17.3 Å². The Balaban J connectivity index is 1.81. The predicted octanol–water partition coefficient (Wildman–Crippen LogP) is 2.06. The maximum absolute atomic E-state index is 11.5. The highest BCUT2D eigenvalue weighted by molar-refractivity contribution is 5.67. The van der Waals surface area contributed by atoms with Crippen LogP contribution in [0.5, 0.6) is 0 Å². The van der Waals surface area contributed by atoms with Crippen LogP contribution in [0.1, 0.15) is 46.5 Å². The molecule has 2 N–H and O–H groups in total. The molecule has 0 spiro atoms. The van der Waals surface area contributed by atoms with Crippen LogP contribution < -0.4 is 5.32 Å². The second kappa shape index (κ2) is 4.16. The zero-order valence-electron chi connectivity index (χ0n) is 11.0. The first-order valence-corrected chi connectivity index (χ1v) is 6.50. The van der Waals surface area contributed by atoms with Gasteiger partial charge in [-0.15, -0.1) is 0 Å². The van der Waals surface area contributed by atoms with Crippen LogP contribution in [0.4, 0.5) is 4.79 Å². The molecule has 2 aliphatic carbocycles. The molecule has 0 aromatic heterocycles. The summed E-state index contributed by atoms with van der Waals surface area (Å²) in [7, 11) is 0. The van der Waals surface area contributed by atoms with E-state index in [0.29, 0.717) is 18.4 Å². The Labute approximate surface area is 103 Å². The van der Waals surface area contributed by atoms with Crippen LogP contribution in [0.25, 0.3) is 0 Å². The van der Waals surface area contributed by atoms with Crippen LogP contribution in [-0.2, 0) is 4.74 Å². The summed E-state index contributed by atoms with van der Waals surface area (Å²) in [6.45, 7) is 5.83. The van der Waals surface area contributed by atoms with Gasteiger partial charge in [-0.3, -0.25) is 0 Å². The number of carbonyl (C=O) groups is 1. The molecule has 0 aromatic carbocycles. The van der Waals surface area contributed by atoms with Gasteiger partial charge in [0, 0.05) is 0 Å². The molecule has 2 rings (SSSR count).